The van der Waals surface area contributed by atoms with Crippen LogP contribution in [-0.4, -0.2) is 24.0 Å². The number of aromatic nitrogens is 2. The van der Waals surface area contributed by atoms with E-state index in [4.69, 9.17) is 0 Å². The third-order valence-corrected chi connectivity index (χ3v) is 4.59. The van der Waals surface area contributed by atoms with E-state index >= 15 is 0 Å². The second-order valence-electron chi connectivity index (χ2n) is 7.87. The Morgan fingerprint density at radius 1 is 0.655 bits per heavy atom. The molecule has 0 aliphatic carbocycles. The first-order valence-corrected chi connectivity index (χ1v) is 16.6. The molecule has 0 aliphatic heterocycles. The Morgan fingerprint density at radius 3 is 1.31 bits per heavy atom. The minimum absolute atomic E-state index is 1.18. The van der Waals surface area contributed by atoms with Gasteiger partial charge >= 0.3 is 36.4 Å². The van der Waals surface area contributed by atoms with Crippen molar-refractivity contribution in [3.05, 3.63) is 18.7 Å². The van der Waals surface area contributed by atoms with Crippen molar-refractivity contribution < 1.29 is 21.4 Å². The molecule has 1 rings (SSSR count). The molecule has 9 heteroatoms. The number of aryl methyl sites for hydroxylation is 2. The van der Waals surface area contributed by atoms with Gasteiger partial charge in [0.1, 0.15) is 12.4 Å². The Kier molecular flexibility index (Phi) is 12.9. The van der Waals surface area contributed by atoms with E-state index < -0.39 is 19.5 Å². The molecule has 0 fully saturated rings. The van der Waals surface area contributed by atoms with Crippen LogP contribution < -0.4 is 4.57 Å². The van der Waals surface area contributed by atoms with Crippen molar-refractivity contribution in [1.29, 1.82) is 0 Å². The standard InChI is InChI=1S/C20H39N2.6FH.Sb/c1-3-4-5-6-7-8-9-10-11-12-13-14-15-16-17-22-19-18-21(2)20-22;;;;;;;/h18-20H,3-17H2,1-2H3;6*1H;/q+1;;;;;;;+5/p-6. The summed E-state index contributed by atoms with van der Waals surface area (Å²) in [6, 6.07) is 0. The SMILES string of the molecule is CCCCCCCCCCCCCCCC[n+]1ccn(C)c1.[F][Sb-]([F])([F])([F])([F])[F]. The first-order valence-electron chi connectivity index (χ1n) is 10.9. The molecule has 0 spiro atoms. The summed E-state index contributed by atoms with van der Waals surface area (Å²) < 4.78 is 64.0. The zero-order valence-electron chi connectivity index (χ0n) is 17.9. The van der Waals surface area contributed by atoms with Crippen LogP contribution >= 0.6 is 0 Å². The molecule has 2 nitrogen and oxygen atoms in total. The van der Waals surface area contributed by atoms with Crippen LogP contribution in [-0.2, 0) is 13.6 Å². The van der Waals surface area contributed by atoms with Crippen LogP contribution in [0.4, 0.5) is 16.9 Å². The number of rotatable bonds is 15. The van der Waals surface area contributed by atoms with Gasteiger partial charge in [0.05, 0.1) is 13.6 Å². The number of unbranched alkanes of at least 4 members (excludes halogenated alkanes) is 13. The number of halogens is 6. The van der Waals surface area contributed by atoms with Gasteiger partial charge in [-0.05, 0) is 12.8 Å². The van der Waals surface area contributed by atoms with Crippen LogP contribution in [0.1, 0.15) is 96.8 Å². The van der Waals surface area contributed by atoms with Crippen molar-refractivity contribution in [2.24, 2.45) is 7.05 Å². The summed E-state index contributed by atoms with van der Waals surface area (Å²) in [5.74, 6) is 0. The average Bonchev–Trinajstić information content (AvgIpc) is 2.97. The summed E-state index contributed by atoms with van der Waals surface area (Å²) in [4.78, 5) is 0. The predicted octanol–water partition coefficient (Wildman–Crippen LogP) is 7.93. The molecule has 0 amide bonds. The van der Waals surface area contributed by atoms with E-state index in [-0.39, 0.29) is 0 Å². The van der Waals surface area contributed by atoms with Crippen LogP contribution in [0, 0.1) is 0 Å². The van der Waals surface area contributed by atoms with E-state index in [2.05, 4.69) is 41.8 Å². The van der Waals surface area contributed by atoms with Crippen molar-refractivity contribution in [1.82, 2.24) is 4.57 Å². The van der Waals surface area contributed by atoms with Gasteiger partial charge in [0.2, 0.25) is 6.33 Å². The van der Waals surface area contributed by atoms with Crippen molar-refractivity contribution >= 4 is 19.5 Å². The van der Waals surface area contributed by atoms with E-state index in [9.17, 15) is 16.9 Å². The van der Waals surface area contributed by atoms with Crippen molar-refractivity contribution in [3.8, 4) is 0 Å². The van der Waals surface area contributed by atoms with Gasteiger partial charge in [0, 0.05) is 0 Å². The molecule has 0 radical (unpaired) electrons. The molecule has 1 heterocycles. The molecular weight excluding hydrogens is 504 g/mol. The second-order valence-corrected chi connectivity index (χ2v) is 13.3. The summed E-state index contributed by atoms with van der Waals surface area (Å²) >= 11 is -11.2. The Morgan fingerprint density at radius 2 is 1.00 bits per heavy atom. The van der Waals surface area contributed by atoms with E-state index in [0.717, 1.165) is 0 Å². The molecule has 0 saturated heterocycles. The van der Waals surface area contributed by atoms with E-state index in [0.29, 0.717) is 0 Å². The van der Waals surface area contributed by atoms with Crippen LogP contribution in [0.5, 0.6) is 0 Å². The van der Waals surface area contributed by atoms with Crippen molar-refractivity contribution in [3.63, 3.8) is 0 Å². The van der Waals surface area contributed by atoms with Gasteiger partial charge in [0.15, 0.2) is 0 Å². The van der Waals surface area contributed by atoms with Gasteiger partial charge in [0.25, 0.3) is 0 Å². The fraction of sp³-hybridized carbons (Fsp3) is 0.850. The van der Waals surface area contributed by atoms with Gasteiger partial charge in [-0.3, -0.25) is 0 Å². The minimum atomic E-state index is -11.2. The molecule has 0 saturated carbocycles. The topological polar surface area (TPSA) is 8.81 Å². The summed E-state index contributed by atoms with van der Waals surface area (Å²) in [6.45, 7) is 3.47. The number of hydrogen-bond donors (Lipinski definition) is 0. The summed E-state index contributed by atoms with van der Waals surface area (Å²) in [5.41, 5.74) is 0. The first kappa shape index (κ1) is 28.6. The molecule has 0 aromatic carbocycles. The van der Waals surface area contributed by atoms with Crippen molar-refractivity contribution in [2.75, 3.05) is 0 Å². The zero-order chi connectivity index (χ0) is 22.3. The molecular formula is C20H39F6N2Sb. The van der Waals surface area contributed by atoms with Gasteiger partial charge in [-0.1, -0.05) is 84.0 Å². The summed E-state index contributed by atoms with van der Waals surface area (Å²) in [7, 11) is 2.09. The molecule has 0 bridgehead atoms. The van der Waals surface area contributed by atoms with Crippen LogP contribution in [0.2, 0.25) is 0 Å². The molecule has 0 aliphatic rings. The fourth-order valence-corrected chi connectivity index (χ4v) is 3.12. The molecule has 176 valence electrons. The molecule has 29 heavy (non-hydrogen) atoms. The molecule has 1 aromatic heterocycles. The Labute approximate surface area is 174 Å². The maximum absolute atomic E-state index is 11.2. The molecule has 0 atom stereocenters. The average molecular weight is 543 g/mol. The van der Waals surface area contributed by atoms with Gasteiger partial charge in [-0.25, -0.2) is 9.13 Å². The normalized spacial score (nSPS) is 14.1. The van der Waals surface area contributed by atoms with Crippen LogP contribution in [0.15, 0.2) is 18.7 Å². The van der Waals surface area contributed by atoms with Gasteiger partial charge in [-0.15, -0.1) is 0 Å². The summed E-state index contributed by atoms with van der Waals surface area (Å²) in [5, 5.41) is 0. The van der Waals surface area contributed by atoms with Crippen LogP contribution in [0.3, 0.4) is 0 Å². The van der Waals surface area contributed by atoms with Crippen molar-refractivity contribution in [2.45, 2.75) is 103 Å². The third-order valence-electron chi connectivity index (χ3n) is 4.59. The van der Waals surface area contributed by atoms with E-state index in [1.807, 2.05) is 0 Å². The Hall–Kier alpha value is -0.392. The molecule has 0 N–H and O–H groups in total. The quantitative estimate of drug-likeness (QED) is 0.0920. The summed E-state index contributed by atoms with van der Waals surface area (Å²) in [6.07, 6.45) is 26.5. The number of hydrogen-bond acceptors (Lipinski definition) is 0. The fourth-order valence-electron chi connectivity index (χ4n) is 3.12. The zero-order valence-corrected chi connectivity index (χ0v) is 20.5. The Bertz CT molecular complexity index is 516. The molecule has 1 aromatic rings. The molecule has 0 unspecified atom stereocenters. The maximum atomic E-state index is 9.93. The Balaban J connectivity index is 0.000000956. The van der Waals surface area contributed by atoms with E-state index in [1.54, 1.807) is 0 Å². The van der Waals surface area contributed by atoms with Gasteiger partial charge < -0.3 is 0 Å². The monoisotopic (exact) mass is 542 g/mol. The first-order chi connectivity index (χ1) is 13.3. The number of nitrogens with zero attached hydrogens (tertiary/aromatic N) is 2. The third kappa shape index (κ3) is 29.9. The second kappa shape index (κ2) is 13.1. The van der Waals surface area contributed by atoms with Crippen LogP contribution in [0.25, 0.3) is 0 Å². The number of imidazole rings is 1. The van der Waals surface area contributed by atoms with E-state index in [1.165, 1.54) is 96.4 Å². The predicted molar refractivity (Wildman–Crippen MR) is 108 cm³/mol. The van der Waals surface area contributed by atoms with Gasteiger partial charge in [-0.2, -0.15) is 0 Å².